The van der Waals surface area contributed by atoms with Gasteiger partial charge >= 0.3 is 5.97 Å². The number of nitrogens with zero attached hydrogens (tertiary/aromatic N) is 1. The van der Waals surface area contributed by atoms with Gasteiger partial charge in [0.1, 0.15) is 5.54 Å². The van der Waals surface area contributed by atoms with E-state index in [0.717, 1.165) is 26.2 Å². The summed E-state index contributed by atoms with van der Waals surface area (Å²) in [5.74, 6) is -0.186. The van der Waals surface area contributed by atoms with Gasteiger partial charge in [0.15, 0.2) is 0 Å². The van der Waals surface area contributed by atoms with Gasteiger partial charge in [-0.15, -0.1) is 0 Å². The number of carbonyl (C=O) groups is 1. The van der Waals surface area contributed by atoms with E-state index in [9.17, 15) is 4.79 Å². The van der Waals surface area contributed by atoms with Crippen molar-refractivity contribution in [2.75, 3.05) is 40.4 Å². The molecule has 0 aliphatic carbocycles. The Bertz CT molecular complexity index is 288. The normalized spacial score (nSPS) is 21.4. The molecule has 1 N–H and O–H groups in total. The molecule has 0 amide bonds. The zero-order valence-electron chi connectivity index (χ0n) is 12.2. The van der Waals surface area contributed by atoms with Crippen LogP contribution in [0.5, 0.6) is 0 Å². The van der Waals surface area contributed by atoms with Gasteiger partial charge in [0.2, 0.25) is 0 Å². The number of ether oxygens (including phenoxy) is 2. The van der Waals surface area contributed by atoms with Crippen LogP contribution < -0.4 is 5.32 Å². The first-order valence-electron chi connectivity index (χ1n) is 6.45. The minimum absolute atomic E-state index is 0.186. The molecule has 18 heavy (non-hydrogen) atoms. The Morgan fingerprint density at radius 2 is 1.78 bits per heavy atom. The van der Waals surface area contributed by atoms with E-state index in [-0.39, 0.29) is 11.6 Å². The standard InChI is InChI=1S/C13H26N2O3/c1-12(2,18-5)10-13(3,11(16)17-4)15-8-6-14-7-9-15/h14H,6-10H2,1-5H3. The molecule has 0 bridgehead atoms. The molecule has 0 spiro atoms. The molecule has 1 rings (SSSR count). The maximum absolute atomic E-state index is 12.2. The van der Waals surface area contributed by atoms with Crippen LogP contribution in [-0.4, -0.2) is 62.4 Å². The molecular formula is C13H26N2O3. The summed E-state index contributed by atoms with van der Waals surface area (Å²) in [7, 11) is 3.12. The van der Waals surface area contributed by atoms with Crippen molar-refractivity contribution in [3.63, 3.8) is 0 Å². The second-order valence-corrected chi connectivity index (χ2v) is 5.64. The van der Waals surface area contributed by atoms with Crippen LogP contribution >= 0.6 is 0 Å². The maximum Gasteiger partial charge on any atom is 0.326 e. The number of nitrogens with one attached hydrogen (secondary N) is 1. The van der Waals surface area contributed by atoms with E-state index >= 15 is 0 Å². The van der Waals surface area contributed by atoms with Crippen molar-refractivity contribution < 1.29 is 14.3 Å². The van der Waals surface area contributed by atoms with Crippen LogP contribution in [0.2, 0.25) is 0 Å². The summed E-state index contributed by atoms with van der Waals surface area (Å²) in [6.45, 7) is 9.45. The summed E-state index contributed by atoms with van der Waals surface area (Å²) < 4.78 is 10.5. The molecule has 1 fully saturated rings. The summed E-state index contributed by atoms with van der Waals surface area (Å²) in [6, 6.07) is 0. The fourth-order valence-electron chi connectivity index (χ4n) is 2.59. The fraction of sp³-hybridized carbons (Fsp3) is 0.923. The SMILES string of the molecule is COC(=O)C(C)(CC(C)(C)OC)N1CCNCC1. The Hall–Kier alpha value is -0.650. The number of rotatable bonds is 5. The minimum Gasteiger partial charge on any atom is -0.468 e. The van der Waals surface area contributed by atoms with Crippen molar-refractivity contribution in [2.45, 2.75) is 38.3 Å². The first-order chi connectivity index (χ1) is 8.35. The fourth-order valence-corrected chi connectivity index (χ4v) is 2.59. The first kappa shape index (κ1) is 15.4. The number of hydrogen-bond donors (Lipinski definition) is 1. The monoisotopic (exact) mass is 258 g/mol. The zero-order chi connectivity index (χ0) is 13.8. The molecule has 0 aromatic carbocycles. The molecule has 1 atom stereocenters. The smallest absolute Gasteiger partial charge is 0.326 e. The van der Waals surface area contributed by atoms with Gasteiger partial charge in [0.25, 0.3) is 0 Å². The van der Waals surface area contributed by atoms with Crippen molar-refractivity contribution in [3.8, 4) is 0 Å². The molecular weight excluding hydrogens is 232 g/mol. The summed E-state index contributed by atoms with van der Waals surface area (Å²) in [5, 5.41) is 3.30. The Morgan fingerprint density at radius 3 is 2.22 bits per heavy atom. The quantitative estimate of drug-likeness (QED) is 0.733. The second kappa shape index (κ2) is 5.99. The van der Waals surface area contributed by atoms with Crippen molar-refractivity contribution in [1.82, 2.24) is 10.2 Å². The lowest BCUT2D eigenvalue weighted by molar-refractivity contribution is -0.160. The number of methoxy groups -OCH3 is 2. The van der Waals surface area contributed by atoms with Gasteiger partial charge < -0.3 is 14.8 Å². The summed E-state index contributed by atoms with van der Waals surface area (Å²) in [5.41, 5.74) is -0.982. The Labute approximate surface area is 110 Å². The zero-order valence-corrected chi connectivity index (χ0v) is 12.2. The third-order valence-electron chi connectivity index (χ3n) is 3.76. The average molecular weight is 258 g/mol. The van der Waals surface area contributed by atoms with E-state index in [4.69, 9.17) is 9.47 Å². The maximum atomic E-state index is 12.2. The van der Waals surface area contributed by atoms with Gasteiger partial charge in [-0.2, -0.15) is 0 Å². The lowest BCUT2D eigenvalue weighted by Gasteiger charge is -2.44. The van der Waals surface area contributed by atoms with Crippen LogP contribution in [0.15, 0.2) is 0 Å². The van der Waals surface area contributed by atoms with Crippen molar-refractivity contribution in [3.05, 3.63) is 0 Å². The van der Waals surface area contributed by atoms with Crippen molar-refractivity contribution in [1.29, 1.82) is 0 Å². The number of piperazine rings is 1. The highest BCUT2D eigenvalue weighted by Crippen LogP contribution is 2.29. The van der Waals surface area contributed by atoms with Crippen LogP contribution in [-0.2, 0) is 14.3 Å². The predicted molar refractivity (Wildman–Crippen MR) is 70.6 cm³/mol. The highest BCUT2D eigenvalue weighted by molar-refractivity contribution is 5.80. The van der Waals surface area contributed by atoms with Crippen molar-refractivity contribution >= 4 is 5.97 Å². The third-order valence-corrected chi connectivity index (χ3v) is 3.76. The highest BCUT2D eigenvalue weighted by atomic mass is 16.5. The topological polar surface area (TPSA) is 50.8 Å². The molecule has 1 unspecified atom stereocenters. The van der Waals surface area contributed by atoms with E-state index in [1.54, 1.807) is 7.11 Å². The van der Waals surface area contributed by atoms with E-state index in [2.05, 4.69) is 10.2 Å². The summed E-state index contributed by atoms with van der Waals surface area (Å²) in [6.07, 6.45) is 0.614. The van der Waals surface area contributed by atoms with Crippen LogP contribution in [0.4, 0.5) is 0 Å². The van der Waals surface area contributed by atoms with Crippen molar-refractivity contribution in [2.24, 2.45) is 0 Å². The van der Waals surface area contributed by atoms with Gasteiger partial charge in [-0.1, -0.05) is 0 Å². The van der Waals surface area contributed by atoms with E-state index in [1.807, 2.05) is 20.8 Å². The Morgan fingerprint density at radius 1 is 1.22 bits per heavy atom. The molecule has 0 radical (unpaired) electrons. The molecule has 1 heterocycles. The largest absolute Gasteiger partial charge is 0.468 e. The van der Waals surface area contributed by atoms with Crippen LogP contribution in [0.1, 0.15) is 27.2 Å². The summed E-state index contributed by atoms with van der Waals surface area (Å²) in [4.78, 5) is 14.4. The van der Waals surface area contributed by atoms with Crippen LogP contribution in [0.25, 0.3) is 0 Å². The molecule has 106 valence electrons. The molecule has 1 saturated heterocycles. The van der Waals surface area contributed by atoms with E-state index < -0.39 is 5.54 Å². The van der Waals surface area contributed by atoms with Gasteiger partial charge in [-0.25, -0.2) is 0 Å². The minimum atomic E-state index is -0.629. The first-order valence-corrected chi connectivity index (χ1v) is 6.45. The second-order valence-electron chi connectivity index (χ2n) is 5.64. The van der Waals surface area contributed by atoms with Crippen LogP contribution in [0.3, 0.4) is 0 Å². The number of hydrogen-bond acceptors (Lipinski definition) is 5. The predicted octanol–water partition coefficient (Wildman–Crippen LogP) is 0.638. The molecule has 0 aromatic heterocycles. The molecule has 0 saturated carbocycles. The van der Waals surface area contributed by atoms with E-state index in [1.165, 1.54) is 7.11 Å². The molecule has 1 aliphatic heterocycles. The van der Waals surface area contributed by atoms with Gasteiger partial charge in [0.05, 0.1) is 12.7 Å². The average Bonchev–Trinajstić information content (AvgIpc) is 2.38. The van der Waals surface area contributed by atoms with Gasteiger partial charge in [-0.05, 0) is 20.8 Å². The molecule has 5 heteroatoms. The molecule has 0 aromatic rings. The number of carbonyl (C=O) groups excluding carboxylic acids is 1. The lowest BCUT2D eigenvalue weighted by atomic mass is 9.85. The highest BCUT2D eigenvalue weighted by Gasteiger charge is 2.45. The van der Waals surface area contributed by atoms with Crippen LogP contribution in [0, 0.1) is 0 Å². The van der Waals surface area contributed by atoms with E-state index in [0.29, 0.717) is 6.42 Å². The summed E-state index contributed by atoms with van der Waals surface area (Å²) >= 11 is 0. The van der Waals surface area contributed by atoms with Gasteiger partial charge in [0, 0.05) is 39.7 Å². The molecule has 1 aliphatic rings. The molecule has 5 nitrogen and oxygen atoms in total. The van der Waals surface area contributed by atoms with Gasteiger partial charge in [-0.3, -0.25) is 9.69 Å². The lowest BCUT2D eigenvalue weighted by Crippen LogP contribution is -2.61. The number of esters is 1. The Kier molecular flexibility index (Phi) is 5.13. The Balaban J connectivity index is 2.90. The third kappa shape index (κ3) is 3.43.